The molecule has 6 nitrogen and oxygen atoms in total. The van der Waals surface area contributed by atoms with Crippen molar-refractivity contribution in [2.24, 2.45) is 0 Å². The molecule has 5 aromatic rings. The quantitative estimate of drug-likeness (QED) is 0.456. The molecule has 1 aliphatic rings. The smallest absolute Gasteiger partial charge is 0.181 e. The molecule has 0 fully saturated rings. The summed E-state index contributed by atoms with van der Waals surface area (Å²) < 4.78 is 1.10. The van der Waals surface area contributed by atoms with Crippen LogP contribution < -0.4 is 5.73 Å². The van der Waals surface area contributed by atoms with Crippen LogP contribution in [0.15, 0.2) is 36.5 Å². The van der Waals surface area contributed by atoms with E-state index >= 15 is 0 Å². The average molecular weight is 386 g/mol. The van der Waals surface area contributed by atoms with Crippen molar-refractivity contribution in [3.63, 3.8) is 0 Å². The van der Waals surface area contributed by atoms with Gasteiger partial charge < -0.3 is 10.6 Å². The number of likely N-dealkylation sites (N-methyl/N-ethyl adjacent to an activating group) is 1. The summed E-state index contributed by atoms with van der Waals surface area (Å²) in [5.74, 6) is 0. The number of H-pyrrole nitrogens is 1. The van der Waals surface area contributed by atoms with Crippen LogP contribution in [-0.4, -0.2) is 38.7 Å². The molecule has 2 aromatic carbocycles. The number of benzene rings is 2. The lowest BCUT2D eigenvalue weighted by atomic mass is 9.90. The highest BCUT2D eigenvalue weighted by Crippen LogP contribution is 2.38. The van der Waals surface area contributed by atoms with Crippen molar-refractivity contribution in [3.8, 4) is 11.3 Å². The first-order valence-electron chi connectivity index (χ1n) is 9.30. The fraction of sp³-hybridized carbons (Fsp3) is 0.190. The van der Waals surface area contributed by atoms with E-state index in [1.165, 1.54) is 27.8 Å². The molecule has 28 heavy (non-hydrogen) atoms. The third-order valence-electron chi connectivity index (χ3n) is 5.64. The van der Waals surface area contributed by atoms with Crippen molar-refractivity contribution in [2.45, 2.75) is 13.0 Å². The number of nitrogens with one attached hydrogen (secondary N) is 1. The lowest BCUT2D eigenvalue weighted by Gasteiger charge is -2.28. The number of nitrogens with two attached hydrogens (primary N) is 1. The largest absolute Gasteiger partial charge is 0.375 e. The molecule has 0 amide bonds. The second-order valence-corrected chi connectivity index (χ2v) is 8.49. The zero-order valence-corrected chi connectivity index (χ0v) is 16.2. The number of aromatic nitrogens is 4. The Morgan fingerprint density at radius 1 is 1.11 bits per heavy atom. The number of aromatic amines is 1. The summed E-state index contributed by atoms with van der Waals surface area (Å²) in [6.45, 7) is 1.94. The first kappa shape index (κ1) is 16.0. The van der Waals surface area contributed by atoms with E-state index in [1.807, 2.05) is 12.3 Å². The molecule has 138 valence electrons. The van der Waals surface area contributed by atoms with Gasteiger partial charge >= 0.3 is 0 Å². The van der Waals surface area contributed by atoms with Gasteiger partial charge in [0.25, 0.3) is 0 Å². The molecule has 7 heteroatoms. The zero-order valence-electron chi connectivity index (χ0n) is 15.4. The number of pyridine rings is 1. The Balaban J connectivity index is 1.69. The third-order valence-corrected chi connectivity index (χ3v) is 6.48. The van der Waals surface area contributed by atoms with Gasteiger partial charge in [0.15, 0.2) is 5.13 Å². The fourth-order valence-corrected chi connectivity index (χ4v) is 5.10. The maximum atomic E-state index is 5.90. The van der Waals surface area contributed by atoms with Crippen molar-refractivity contribution in [2.75, 3.05) is 19.3 Å². The molecule has 6 rings (SSSR count). The van der Waals surface area contributed by atoms with Gasteiger partial charge in [0.1, 0.15) is 0 Å². The summed E-state index contributed by atoms with van der Waals surface area (Å²) in [6.07, 6.45) is 2.93. The molecule has 1 aliphatic heterocycles. The van der Waals surface area contributed by atoms with Gasteiger partial charge in [-0.1, -0.05) is 17.4 Å². The average Bonchev–Trinajstić information content (AvgIpc) is 3.31. The Morgan fingerprint density at radius 3 is 2.93 bits per heavy atom. The van der Waals surface area contributed by atoms with Gasteiger partial charge in [0, 0.05) is 29.4 Å². The van der Waals surface area contributed by atoms with Gasteiger partial charge in [-0.25, -0.2) is 9.97 Å². The van der Waals surface area contributed by atoms with Crippen molar-refractivity contribution in [3.05, 3.63) is 47.7 Å². The topological polar surface area (TPSA) is 83.7 Å². The number of nitrogen functional groups attached to an aromatic ring is 1. The Morgan fingerprint density at radius 2 is 2.00 bits per heavy atom. The zero-order chi connectivity index (χ0) is 18.8. The van der Waals surface area contributed by atoms with E-state index in [0.717, 1.165) is 57.4 Å². The highest BCUT2D eigenvalue weighted by atomic mass is 32.1. The van der Waals surface area contributed by atoms with Crippen LogP contribution in [0.3, 0.4) is 0 Å². The van der Waals surface area contributed by atoms with Crippen LogP contribution in [0.2, 0.25) is 0 Å². The number of hydrogen-bond donors (Lipinski definition) is 2. The molecule has 0 saturated carbocycles. The first-order valence-corrected chi connectivity index (χ1v) is 10.1. The molecule has 0 saturated heterocycles. The summed E-state index contributed by atoms with van der Waals surface area (Å²) in [6, 6.07) is 10.5. The summed E-state index contributed by atoms with van der Waals surface area (Å²) in [7, 11) is 2.17. The van der Waals surface area contributed by atoms with Gasteiger partial charge in [-0.15, -0.1) is 0 Å². The van der Waals surface area contributed by atoms with E-state index in [9.17, 15) is 0 Å². The molecule has 4 heterocycles. The minimum Gasteiger partial charge on any atom is -0.375 e. The molecule has 0 aliphatic carbocycles. The van der Waals surface area contributed by atoms with Crippen LogP contribution in [-0.2, 0) is 13.0 Å². The van der Waals surface area contributed by atoms with Crippen LogP contribution in [0, 0.1) is 0 Å². The predicted octanol–water partition coefficient (Wildman–Crippen LogP) is 3.96. The van der Waals surface area contributed by atoms with Crippen LogP contribution in [0.25, 0.3) is 43.3 Å². The maximum Gasteiger partial charge on any atom is 0.181 e. The Labute approximate surface area is 165 Å². The molecule has 0 spiro atoms. The minimum absolute atomic E-state index is 0.600. The lowest BCUT2D eigenvalue weighted by molar-refractivity contribution is 0.314. The van der Waals surface area contributed by atoms with Gasteiger partial charge in [0.05, 0.1) is 33.1 Å². The number of rotatable bonds is 1. The summed E-state index contributed by atoms with van der Waals surface area (Å²) >= 11 is 1.52. The van der Waals surface area contributed by atoms with Gasteiger partial charge in [0.2, 0.25) is 0 Å². The van der Waals surface area contributed by atoms with E-state index in [-0.39, 0.29) is 0 Å². The lowest BCUT2D eigenvalue weighted by Crippen LogP contribution is -2.27. The predicted molar refractivity (Wildman–Crippen MR) is 114 cm³/mol. The minimum atomic E-state index is 0.600. The van der Waals surface area contributed by atoms with Gasteiger partial charge in [-0.2, -0.15) is 5.10 Å². The van der Waals surface area contributed by atoms with Crippen LogP contribution >= 0.6 is 11.3 Å². The first-order chi connectivity index (χ1) is 13.7. The number of fused-ring (bicyclic) bond motifs is 6. The number of thiazole rings is 1. The van der Waals surface area contributed by atoms with Crippen LogP contribution in [0.1, 0.15) is 11.1 Å². The fourth-order valence-electron chi connectivity index (χ4n) is 4.32. The summed E-state index contributed by atoms with van der Waals surface area (Å²) in [5, 5.41) is 10.3. The summed E-state index contributed by atoms with van der Waals surface area (Å²) in [5.41, 5.74) is 13.8. The molecule has 0 radical (unpaired) electrons. The number of hydrogen-bond acceptors (Lipinski definition) is 6. The van der Waals surface area contributed by atoms with E-state index in [2.05, 4.69) is 51.4 Å². The highest BCUT2D eigenvalue weighted by molar-refractivity contribution is 7.22. The van der Waals surface area contributed by atoms with Crippen molar-refractivity contribution < 1.29 is 0 Å². The molecular formula is C21H18N6S. The number of nitrogens with zero attached hydrogens (tertiary/aromatic N) is 4. The Hall–Kier alpha value is -3.03. The molecule has 0 unspecified atom stereocenters. The third kappa shape index (κ3) is 2.26. The van der Waals surface area contributed by atoms with Crippen molar-refractivity contribution in [1.82, 2.24) is 25.1 Å². The molecule has 0 atom stereocenters. The second-order valence-electron chi connectivity index (χ2n) is 7.43. The normalized spacial score (nSPS) is 14.9. The van der Waals surface area contributed by atoms with Crippen LogP contribution in [0.5, 0.6) is 0 Å². The molecule has 3 N–H and O–H groups in total. The molecule has 3 aromatic heterocycles. The van der Waals surface area contributed by atoms with Crippen molar-refractivity contribution in [1.29, 1.82) is 0 Å². The summed E-state index contributed by atoms with van der Waals surface area (Å²) in [4.78, 5) is 11.9. The van der Waals surface area contributed by atoms with Crippen molar-refractivity contribution >= 4 is 48.5 Å². The van der Waals surface area contributed by atoms with E-state index in [0.29, 0.717) is 5.13 Å². The maximum absolute atomic E-state index is 5.90. The molecular weight excluding hydrogens is 368 g/mol. The van der Waals surface area contributed by atoms with Gasteiger partial charge in [-0.05, 0) is 48.9 Å². The monoisotopic (exact) mass is 386 g/mol. The standard InChI is InChI=1S/C21H18N6S/c1-27-7-6-12-14(10-27)20(11-2-3-16-18(8-11)28-21(22)25-16)24-17-5-4-15-13(19(12)17)9-23-26-15/h2-5,8-9H,6-7,10H2,1H3,(H2,22,25)(H,23,26). The van der Waals surface area contributed by atoms with E-state index < -0.39 is 0 Å². The Bertz CT molecular complexity index is 1380. The SMILES string of the molecule is CN1CCc2c(c(-c3ccc4nc(N)sc4c3)nc3ccc4[nH]ncc4c23)C1. The van der Waals surface area contributed by atoms with Gasteiger partial charge in [-0.3, -0.25) is 5.10 Å². The van der Waals surface area contributed by atoms with Crippen LogP contribution in [0.4, 0.5) is 5.13 Å². The van der Waals surface area contributed by atoms with E-state index in [4.69, 9.17) is 10.7 Å². The Kier molecular flexibility index (Phi) is 3.27. The highest BCUT2D eigenvalue weighted by Gasteiger charge is 2.23. The second kappa shape index (κ2) is 5.73. The number of anilines is 1. The van der Waals surface area contributed by atoms with E-state index in [1.54, 1.807) is 0 Å². The molecule has 0 bridgehead atoms.